The molecule has 0 bridgehead atoms. The largest absolute Gasteiger partial charge is 0.496 e. The van der Waals surface area contributed by atoms with Crippen molar-refractivity contribution in [2.24, 2.45) is 0 Å². The summed E-state index contributed by atoms with van der Waals surface area (Å²) in [6.45, 7) is -0.305. The minimum atomic E-state index is -3.71. The van der Waals surface area contributed by atoms with Crippen LogP contribution >= 0.6 is 27.3 Å². The number of thiophene rings is 1. The maximum atomic E-state index is 12.2. The fraction of sp³-hybridized carbons (Fsp3) is 0.167. The van der Waals surface area contributed by atoms with Crippen LogP contribution in [0, 0.1) is 0 Å². The van der Waals surface area contributed by atoms with E-state index in [1.165, 1.54) is 24.5 Å². The van der Waals surface area contributed by atoms with Crippen molar-refractivity contribution in [2.75, 3.05) is 11.8 Å². The maximum absolute atomic E-state index is 12.2. The lowest BCUT2D eigenvalue weighted by molar-refractivity contribution is 0.282. The van der Waals surface area contributed by atoms with Crippen molar-refractivity contribution in [1.82, 2.24) is 0 Å². The summed E-state index contributed by atoms with van der Waals surface area (Å²) >= 11 is 4.49. The van der Waals surface area contributed by atoms with Crippen LogP contribution in [-0.2, 0) is 16.6 Å². The highest BCUT2D eigenvalue weighted by atomic mass is 79.9. The van der Waals surface area contributed by atoms with E-state index in [2.05, 4.69) is 20.7 Å². The number of rotatable bonds is 5. The van der Waals surface area contributed by atoms with Crippen LogP contribution in [0.3, 0.4) is 0 Å². The van der Waals surface area contributed by atoms with Gasteiger partial charge in [-0.2, -0.15) is 0 Å². The van der Waals surface area contributed by atoms with Crippen molar-refractivity contribution in [2.45, 2.75) is 11.5 Å². The van der Waals surface area contributed by atoms with Gasteiger partial charge in [0, 0.05) is 0 Å². The Morgan fingerprint density at radius 3 is 2.75 bits per heavy atom. The topological polar surface area (TPSA) is 75.6 Å². The molecule has 0 radical (unpaired) electrons. The summed E-state index contributed by atoms with van der Waals surface area (Å²) in [5.41, 5.74) is 0.410. The van der Waals surface area contributed by atoms with E-state index < -0.39 is 10.0 Å². The molecular weight excluding hydrogens is 366 g/mol. The van der Waals surface area contributed by atoms with Gasteiger partial charge in [-0.3, -0.25) is 4.72 Å². The third kappa shape index (κ3) is 3.14. The Bertz CT molecular complexity index is 712. The molecule has 1 aromatic heterocycles. The number of hydrogen-bond acceptors (Lipinski definition) is 5. The van der Waals surface area contributed by atoms with Crippen molar-refractivity contribution in [1.29, 1.82) is 0 Å². The van der Waals surface area contributed by atoms with Gasteiger partial charge in [0.15, 0.2) is 0 Å². The number of methoxy groups -OCH3 is 1. The normalized spacial score (nSPS) is 11.3. The van der Waals surface area contributed by atoms with Crippen molar-refractivity contribution in [3.8, 4) is 5.75 Å². The predicted molar refractivity (Wildman–Crippen MR) is 81.7 cm³/mol. The number of benzene rings is 1. The molecule has 0 saturated heterocycles. The summed E-state index contributed by atoms with van der Waals surface area (Å²) < 4.78 is 32.7. The molecular formula is C12H12BrNO4S2. The van der Waals surface area contributed by atoms with Gasteiger partial charge in [0.1, 0.15) is 10.6 Å². The third-order valence-electron chi connectivity index (χ3n) is 2.54. The van der Waals surface area contributed by atoms with E-state index in [9.17, 15) is 8.42 Å². The van der Waals surface area contributed by atoms with Gasteiger partial charge in [0.25, 0.3) is 10.0 Å². The highest BCUT2D eigenvalue weighted by Gasteiger charge is 2.19. The smallest absolute Gasteiger partial charge is 0.263 e. The summed E-state index contributed by atoms with van der Waals surface area (Å²) in [5, 5.41) is 10.8. The first-order chi connectivity index (χ1) is 9.47. The van der Waals surface area contributed by atoms with Crippen LogP contribution < -0.4 is 9.46 Å². The Labute approximate surface area is 129 Å². The molecule has 0 aliphatic rings. The Morgan fingerprint density at radius 1 is 1.40 bits per heavy atom. The molecule has 1 heterocycles. The molecule has 0 saturated carbocycles. The zero-order valence-electron chi connectivity index (χ0n) is 10.5. The molecule has 5 nitrogen and oxygen atoms in total. The van der Waals surface area contributed by atoms with Crippen molar-refractivity contribution in [3.05, 3.63) is 39.0 Å². The van der Waals surface area contributed by atoms with Crippen molar-refractivity contribution >= 4 is 43.0 Å². The van der Waals surface area contributed by atoms with E-state index >= 15 is 0 Å². The highest BCUT2D eigenvalue weighted by molar-refractivity contribution is 9.10. The van der Waals surface area contributed by atoms with Crippen LogP contribution in [-0.4, -0.2) is 20.6 Å². The minimum absolute atomic E-state index is 0.0944. The quantitative estimate of drug-likeness (QED) is 0.839. The number of hydrogen-bond donors (Lipinski definition) is 2. The SMILES string of the molecule is COc1ccc(NS(=O)(=O)c2ccsc2CO)cc1Br. The van der Waals surface area contributed by atoms with Crippen molar-refractivity contribution in [3.63, 3.8) is 0 Å². The summed E-state index contributed by atoms with van der Waals surface area (Å²) in [4.78, 5) is 0.502. The molecule has 2 N–H and O–H groups in total. The van der Waals surface area contributed by atoms with E-state index in [0.29, 0.717) is 20.8 Å². The predicted octanol–water partition coefficient (Wildman–Crippen LogP) is 2.81. The Hall–Kier alpha value is -1.09. The lowest BCUT2D eigenvalue weighted by Crippen LogP contribution is -2.13. The zero-order chi connectivity index (χ0) is 14.8. The van der Waals surface area contributed by atoms with Crippen LogP contribution in [0.1, 0.15) is 4.88 Å². The molecule has 0 aliphatic heterocycles. The van der Waals surface area contributed by atoms with Gasteiger partial charge in [0.2, 0.25) is 0 Å². The second kappa shape index (κ2) is 6.13. The molecule has 0 aliphatic carbocycles. The fourth-order valence-corrected chi connectivity index (χ4v) is 4.51. The molecule has 2 rings (SSSR count). The Balaban J connectivity index is 2.31. The van der Waals surface area contributed by atoms with Crippen LogP contribution in [0.2, 0.25) is 0 Å². The number of halogens is 1. The number of nitrogens with one attached hydrogen (secondary N) is 1. The number of aliphatic hydroxyl groups is 1. The summed E-state index contributed by atoms with van der Waals surface area (Å²) in [5.74, 6) is 0.611. The average molecular weight is 378 g/mol. The van der Waals surface area contributed by atoms with E-state index in [-0.39, 0.29) is 11.5 Å². The van der Waals surface area contributed by atoms with Crippen LogP contribution in [0.5, 0.6) is 5.75 Å². The number of sulfonamides is 1. The Morgan fingerprint density at radius 2 is 2.15 bits per heavy atom. The summed E-state index contributed by atoms with van der Waals surface area (Å²) in [6.07, 6.45) is 0. The maximum Gasteiger partial charge on any atom is 0.263 e. The zero-order valence-corrected chi connectivity index (χ0v) is 13.7. The highest BCUT2D eigenvalue weighted by Crippen LogP contribution is 2.30. The first-order valence-corrected chi connectivity index (χ1v) is 8.67. The molecule has 0 unspecified atom stereocenters. The van der Waals surface area contributed by atoms with E-state index in [4.69, 9.17) is 9.84 Å². The van der Waals surface area contributed by atoms with Gasteiger partial charge >= 0.3 is 0 Å². The van der Waals surface area contributed by atoms with E-state index in [1.807, 2.05) is 0 Å². The number of ether oxygens (including phenoxy) is 1. The molecule has 0 spiro atoms. The molecule has 0 amide bonds. The number of anilines is 1. The van der Waals surface area contributed by atoms with Gasteiger partial charge in [-0.1, -0.05) is 0 Å². The lowest BCUT2D eigenvalue weighted by atomic mass is 10.3. The standard InChI is InChI=1S/C12H12BrNO4S2/c1-18-10-3-2-8(6-9(10)13)14-20(16,17)12-4-5-19-11(12)7-15/h2-6,14-15H,7H2,1H3. The number of aliphatic hydroxyl groups excluding tert-OH is 1. The second-order valence-electron chi connectivity index (χ2n) is 3.82. The lowest BCUT2D eigenvalue weighted by Gasteiger charge is -2.10. The first-order valence-electron chi connectivity index (χ1n) is 5.51. The molecule has 8 heteroatoms. The molecule has 0 fully saturated rings. The van der Waals surface area contributed by atoms with E-state index in [1.54, 1.807) is 23.6 Å². The average Bonchev–Trinajstić information content (AvgIpc) is 2.87. The monoisotopic (exact) mass is 377 g/mol. The van der Waals surface area contributed by atoms with Crippen LogP contribution in [0.15, 0.2) is 39.0 Å². The molecule has 1 aromatic carbocycles. The molecule has 2 aromatic rings. The summed E-state index contributed by atoms with van der Waals surface area (Å²) in [6, 6.07) is 6.34. The second-order valence-corrected chi connectivity index (χ2v) is 7.33. The van der Waals surface area contributed by atoms with Gasteiger partial charge in [-0.15, -0.1) is 11.3 Å². The third-order valence-corrected chi connectivity index (χ3v) is 5.66. The van der Waals surface area contributed by atoms with Crippen LogP contribution in [0.4, 0.5) is 5.69 Å². The first kappa shape index (κ1) is 15.3. The molecule has 0 atom stereocenters. The summed E-state index contributed by atoms with van der Waals surface area (Å²) in [7, 11) is -2.18. The van der Waals surface area contributed by atoms with Crippen LogP contribution in [0.25, 0.3) is 0 Å². The van der Waals surface area contributed by atoms with Gasteiger partial charge in [-0.25, -0.2) is 8.42 Å². The van der Waals surface area contributed by atoms with Gasteiger partial charge < -0.3 is 9.84 Å². The molecule has 20 heavy (non-hydrogen) atoms. The van der Waals surface area contributed by atoms with Gasteiger partial charge in [-0.05, 0) is 45.6 Å². The minimum Gasteiger partial charge on any atom is -0.496 e. The fourth-order valence-electron chi connectivity index (χ4n) is 1.62. The van der Waals surface area contributed by atoms with E-state index in [0.717, 1.165) is 0 Å². The van der Waals surface area contributed by atoms with Gasteiger partial charge in [0.05, 0.1) is 28.8 Å². The Kier molecular flexibility index (Phi) is 4.69. The molecule has 108 valence electrons. The van der Waals surface area contributed by atoms with Crippen molar-refractivity contribution < 1.29 is 18.3 Å².